The molecule has 0 saturated carbocycles. The Balaban J connectivity index is 1.96. The summed E-state index contributed by atoms with van der Waals surface area (Å²) < 4.78 is 10.8. The quantitative estimate of drug-likeness (QED) is 0.942. The average Bonchev–Trinajstić information content (AvgIpc) is 2.93. The van der Waals surface area contributed by atoms with Gasteiger partial charge in [0, 0.05) is 0 Å². The Morgan fingerprint density at radius 1 is 1.32 bits per heavy atom. The molecule has 0 aliphatic carbocycles. The largest absolute Gasteiger partial charge is 0.479 e. The fourth-order valence-electron chi connectivity index (χ4n) is 2.41. The van der Waals surface area contributed by atoms with E-state index >= 15 is 0 Å². The molecular formula is C16H15NO5. The van der Waals surface area contributed by atoms with Gasteiger partial charge in [0.25, 0.3) is 5.91 Å². The molecule has 6 heteroatoms. The summed E-state index contributed by atoms with van der Waals surface area (Å²) in [4.78, 5) is 24.8. The maximum Gasteiger partial charge on any atom is 0.371 e. The standard InChI is InChI=1S/C16H15NO5/c1-9-3-5-13-12(7-9)17(15(18)10(2)21-13)8-11-4-6-14(22-11)16(19)20/h3-7,10H,8H2,1-2H3,(H,19,20). The molecule has 6 nitrogen and oxygen atoms in total. The normalized spacial score (nSPS) is 17.1. The molecule has 1 amide bonds. The molecule has 2 aromatic rings. The Kier molecular flexibility index (Phi) is 3.36. The molecule has 22 heavy (non-hydrogen) atoms. The van der Waals surface area contributed by atoms with Crippen molar-refractivity contribution in [3.63, 3.8) is 0 Å². The van der Waals surface area contributed by atoms with Crippen LogP contribution in [0.4, 0.5) is 5.69 Å². The third-order valence-electron chi connectivity index (χ3n) is 3.51. The van der Waals surface area contributed by atoms with E-state index in [2.05, 4.69) is 0 Å². The van der Waals surface area contributed by atoms with Crippen molar-refractivity contribution in [2.45, 2.75) is 26.5 Å². The first-order chi connectivity index (χ1) is 10.5. The van der Waals surface area contributed by atoms with Gasteiger partial charge in [0.1, 0.15) is 11.5 Å². The van der Waals surface area contributed by atoms with Gasteiger partial charge < -0.3 is 14.3 Å². The Morgan fingerprint density at radius 3 is 2.77 bits per heavy atom. The highest BCUT2D eigenvalue weighted by Crippen LogP contribution is 2.35. The fraction of sp³-hybridized carbons (Fsp3) is 0.250. The first-order valence-electron chi connectivity index (χ1n) is 6.86. The molecular weight excluding hydrogens is 286 g/mol. The number of furan rings is 1. The van der Waals surface area contributed by atoms with Gasteiger partial charge in [0.15, 0.2) is 6.10 Å². The van der Waals surface area contributed by atoms with Gasteiger partial charge >= 0.3 is 5.97 Å². The number of carboxylic acids is 1. The molecule has 0 bridgehead atoms. The second-order valence-electron chi connectivity index (χ2n) is 5.23. The molecule has 0 fully saturated rings. The minimum atomic E-state index is -1.14. The van der Waals surface area contributed by atoms with Crippen LogP contribution in [0.5, 0.6) is 5.75 Å². The number of aryl methyl sites for hydroxylation is 1. The summed E-state index contributed by atoms with van der Waals surface area (Å²) >= 11 is 0. The van der Waals surface area contributed by atoms with Crippen LogP contribution < -0.4 is 9.64 Å². The third kappa shape index (κ3) is 2.43. The van der Waals surface area contributed by atoms with Crippen molar-refractivity contribution in [1.29, 1.82) is 0 Å². The lowest BCUT2D eigenvalue weighted by Gasteiger charge is -2.32. The maximum absolute atomic E-state index is 12.4. The molecule has 3 rings (SSSR count). The number of aromatic carboxylic acids is 1. The van der Waals surface area contributed by atoms with Crippen LogP contribution in [0.25, 0.3) is 0 Å². The highest BCUT2D eigenvalue weighted by molar-refractivity contribution is 5.99. The van der Waals surface area contributed by atoms with Crippen LogP contribution in [-0.2, 0) is 11.3 Å². The van der Waals surface area contributed by atoms with Crippen LogP contribution >= 0.6 is 0 Å². The van der Waals surface area contributed by atoms with E-state index in [0.717, 1.165) is 5.56 Å². The zero-order chi connectivity index (χ0) is 15.9. The zero-order valence-corrected chi connectivity index (χ0v) is 12.2. The van der Waals surface area contributed by atoms with E-state index in [1.54, 1.807) is 17.9 Å². The van der Waals surface area contributed by atoms with Crippen molar-refractivity contribution in [3.05, 3.63) is 47.4 Å². The van der Waals surface area contributed by atoms with Crippen LogP contribution in [-0.4, -0.2) is 23.1 Å². The molecule has 0 saturated heterocycles. The van der Waals surface area contributed by atoms with Crippen LogP contribution in [0.1, 0.15) is 28.8 Å². The van der Waals surface area contributed by atoms with Gasteiger partial charge in [-0.3, -0.25) is 9.69 Å². The number of hydrogen-bond donors (Lipinski definition) is 1. The second-order valence-corrected chi connectivity index (χ2v) is 5.23. The van der Waals surface area contributed by atoms with E-state index in [-0.39, 0.29) is 18.2 Å². The summed E-state index contributed by atoms with van der Waals surface area (Å²) in [5.74, 6) is -0.432. The summed E-state index contributed by atoms with van der Waals surface area (Å²) in [6.07, 6.45) is -0.593. The summed E-state index contributed by atoms with van der Waals surface area (Å²) in [5, 5.41) is 8.90. The molecule has 1 atom stereocenters. The molecule has 114 valence electrons. The average molecular weight is 301 g/mol. The lowest BCUT2D eigenvalue weighted by Crippen LogP contribution is -2.43. The van der Waals surface area contributed by atoms with E-state index < -0.39 is 12.1 Å². The van der Waals surface area contributed by atoms with Gasteiger partial charge in [-0.1, -0.05) is 6.07 Å². The molecule has 0 radical (unpaired) electrons. The van der Waals surface area contributed by atoms with Crippen molar-refractivity contribution in [1.82, 2.24) is 0 Å². The number of fused-ring (bicyclic) bond motifs is 1. The maximum atomic E-state index is 12.4. The van der Waals surface area contributed by atoms with Gasteiger partial charge in [0.2, 0.25) is 5.76 Å². The zero-order valence-electron chi connectivity index (χ0n) is 12.2. The molecule has 1 aliphatic heterocycles. The van der Waals surface area contributed by atoms with Gasteiger partial charge in [-0.05, 0) is 43.7 Å². The van der Waals surface area contributed by atoms with Crippen LogP contribution in [0.2, 0.25) is 0 Å². The van der Waals surface area contributed by atoms with E-state index in [1.807, 2.05) is 25.1 Å². The van der Waals surface area contributed by atoms with Crippen molar-refractivity contribution < 1.29 is 23.8 Å². The lowest BCUT2D eigenvalue weighted by molar-refractivity contribution is -0.125. The predicted molar refractivity (Wildman–Crippen MR) is 78.1 cm³/mol. The fourth-order valence-corrected chi connectivity index (χ4v) is 2.41. The number of carboxylic acid groups (broad SMARTS) is 1. The van der Waals surface area contributed by atoms with Crippen molar-refractivity contribution >= 4 is 17.6 Å². The number of benzene rings is 1. The smallest absolute Gasteiger partial charge is 0.371 e. The third-order valence-corrected chi connectivity index (χ3v) is 3.51. The summed E-state index contributed by atoms with van der Waals surface area (Å²) in [7, 11) is 0. The van der Waals surface area contributed by atoms with Crippen molar-refractivity contribution in [2.75, 3.05) is 4.90 Å². The molecule has 1 aromatic heterocycles. The summed E-state index contributed by atoms with van der Waals surface area (Å²) in [6.45, 7) is 3.77. The predicted octanol–water partition coefficient (Wildman–Crippen LogP) is 2.60. The molecule has 1 aliphatic rings. The second kappa shape index (κ2) is 5.22. The number of amides is 1. The number of carbonyl (C=O) groups excluding carboxylic acids is 1. The minimum absolute atomic E-state index is 0.145. The van der Waals surface area contributed by atoms with Gasteiger partial charge in [-0.25, -0.2) is 4.79 Å². The number of ether oxygens (including phenoxy) is 1. The first kappa shape index (κ1) is 14.2. The van der Waals surface area contributed by atoms with E-state index in [9.17, 15) is 9.59 Å². The van der Waals surface area contributed by atoms with E-state index in [4.69, 9.17) is 14.3 Å². The summed E-state index contributed by atoms with van der Waals surface area (Å²) in [6, 6.07) is 8.54. The van der Waals surface area contributed by atoms with E-state index in [1.165, 1.54) is 6.07 Å². The number of anilines is 1. The summed E-state index contributed by atoms with van der Waals surface area (Å²) in [5.41, 5.74) is 1.66. The molecule has 2 heterocycles. The van der Waals surface area contributed by atoms with Crippen LogP contribution in [0, 0.1) is 6.92 Å². The van der Waals surface area contributed by atoms with Gasteiger partial charge in [-0.15, -0.1) is 0 Å². The number of rotatable bonds is 3. The number of carbonyl (C=O) groups is 2. The van der Waals surface area contributed by atoms with Crippen LogP contribution in [0.15, 0.2) is 34.7 Å². The lowest BCUT2D eigenvalue weighted by atomic mass is 10.1. The Morgan fingerprint density at radius 2 is 2.09 bits per heavy atom. The van der Waals surface area contributed by atoms with Crippen molar-refractivity contribution in [2.24, 2.45) is 0 Å². The first-order valence-corrected chi connectivity index (χ1v) is 6.86. The van der Waals surface area contributed by atoms with Crippen LogP contribution in [0.3, 0.4) is 0 Å². The molecule has 0 spiro atoms. The molecule has 1 N–H and O–H groups in total. The van der Waals surface area contributed by atoms with E-state index in [0.29, 0.717) is 17.2 Å². The van der Waals surface area contributed by atoms with Gasteiger partial charge in [0.05, 0.1) is 12.2 Å². The SMILES string of the molecule is Cc1ccc2c(c1)N(Cc1ccc(C(=O)O)o1)C(=O)C(C)O2. The monoisotopic (exact) mass is 301 g/mol. The highest BCUT2D eigenvalue weighted by atomic mass is 16.5. The Bertz CT molecular complexity index is 749. The minimum Gasteiger partial charge on any atom is -0.479 e. The topological polar surface area (TPSA) is 80.0 Å². The highest BCUT2D eigenvalue weighted by Gasteiger charge is 2.32. The number of hydrogen-bond acceptors (Lipinski definition) is 4. The number of nitrogens with zero attached hydrogens (tertiary/aromatic N) is 1. The van der Waals surface area contributed by atoms with Gasteiger partial charge in [-0.2, -0.15) is 0 Å². The Labute approximate surface area is 126 Å². The Hall–Kier alpha value is -2.76. The molecule has 1 aromatic carbocycles. The molecule has 1 unspecified atom stereocenters. The van der Waals surface area contributed by atoms with Crippen molar-refractivity contribution in [3.8, 4) is 5.75 Å².